The van der Waals surface area contributed by atoms with Crippen LogP contribution in [-0.2, 0) is 18.4 Å². The van der Waals surface area contributed by atoms with E-state index in [1.807, 2.05) is 13.1 Å². The minimum Gasteiger partial charge on any atom is -0.350 e. The van der Waals surface area contributed by atoms with Crippen molar-refractivity contribution >= 4 is 5.91 Å². The Kier molecular flexibility index (Phi) is 6.56. The average Bonchev–Trinajstić information content (AvgIpc) is 2.77. The molecule has 0 radical (unpaired) electrons. The summed E-state index contributed by atoms with van der Waals surface area (Å²) in [5.74, 6) is 1.21. The number of nitrogens with one attached hydrogen (secondary N) is 1. The Bertz CT molecular complexity index is 387. The highest BCUT2D eigenvalue weighted by atomic mass is 16.1. The highest BCUT2D eigenvalue weighted by Crippen LogP contribution is 2.20. The molecule has 1 aromatic heterocycles. The summed E-state index contributed by atoms with van der Waals surface area (Å²) in [4.78, 5) is 11.8. The second-order valence-electron chi connectivity index (χ2n) is 5.34. The number of nitrogens with two attached hydrogens (primary N) is 1. The van der Waals surface area contributed by atoms with Gasteiger partial charge in [0.25, 0.3) is 0 Å². The van der Waals surface area contributed by atoms with Crippen LogP contribution in [0.3, 0.4) is 0 Å². The molecule has 0 bridgehead atoms. The van der Waals surface area contributed by atoms with Crippen LogP contribution in [0.15, 0.2) is 12.3 Å². The van der Waals surface area contributed by atoms with Crippen molar-refractivity contribution in [3.05, 3.63) is 18.0 Å². The van der Waals surface area contributed by atoms with Crippen LogP contribution >= 0.6 is 0 Å². The summed E-state index contributed by atoms with van der Waals surface area (Å²) >= 11 is 0. The molecule has 3 N–H and O–H groups in total. The van der Waals surface area contributed by atoms with Gasteiger partial charge in [0, 0.05) is 19.7 Å². The average molecular weight is 266 g/mol. The van der Waals surface area contributed by atoms with Gasteiger partial charge in [-0.1, -0.05) is 13.8 Å². The Morgan fingerprint density at radius 2 is 2.21 bits per heavy atom. The van der Waals surface area contributed by atoms with Crippen molar-refractivity contribution in [1.29, 1.82) is 0 Å². The molecule has 0 spiro atoms. The van der Waals surface area contributed by atoms with Crippen LogP contribution < -0.4 is 11.1 Å². The van der Waals surface area contributed by atoms with E-state index in [-0.39, 0.29) is 5.91 Å². The summed E-state index contributed by atoms with van der Waals surface area (Å²) in [5, 5.41) is 7.00. The highest BCUT2D eigenvalue weighted by molar-refractivity contribution is 5.75. The van der Waals surface area contributed by atoms with Gasteiger partial charge in [0.05, 0.1) is 12.2 Å². The molecule has 1 heterocycles. The zero-order chi connectivity index (χ0) is 14.3. The van der Waals surface area contributed by atoms with E-state index in [4.69, 9.17) is 5.73 Å². The first kappa shape index (κ1) is 15.7. The molecule has 5 heteroatoms. The number of hydrogen-bond acceptors (Lipinski definition) is 3. The molecule has 0 aliphatic rings. The molecule has 1 aromatic rings. The van der Waals surface area contributed by atoms with Crippen molar-refractivity contribution in [2.75, 3.05) is 6.54 Å². The van der Waals surface area contributed by atoms with Crippen LogP contribution in [0.5, 0.6) is 0 Å². The maximum absolute atomic E-state index is 11.8. The van der Waals surface area contributed by atoms with E-state index in [1.165, 1.54) is 0 Å². The molecule has 0 saturated heterocycles. The van der Waals surface area contributed by atoms with E-state index in [0.29, 0.717) is 31.3 Å². The SMILES string of the molecule is CC(C)C(CCN)CCC(=O)NCc1ccnn1C. The van der Waals surface area contributed by atoms with Gasteiger partial charge in [-0.3, -0.25) is 9.48 Å². The summed E-state index contributed by atoms with van der Waals surface area (Å²) in [5.41, 5.74) is 6.61. The lowest BCUT2D eigenvalue weighted by Crippen LogP contribution is -2.25. The Morgan fingerprint density at radius 3 is 2.74 bits per heavy atom. The number of nitrogens with zero attached hydrogens (tertiary/aromatic N) is 2. The summed E-state index contributed by atoms with van der Waals surface area (Å²) < 4.78 is 1.77. The van der Waals surface area contributed by atoms with Crippen molar-refractivity contribution < 1.29 is 4.79 Å². The molecule has 0 fully saturated rings. The molecule has 1 rings (SSSR count). The lowest BCUT2D eigenvalue weighted by atomic mass is 9.88. The first-order valence-electron chi connectivity index (χ1n) is 6.98. The van der Waals surface area contributed by atoms with Crippen LogP contribution in [0.1, 0.15) is 38.8 Å². The van der Waals surface area contributed by atoms with Gasteiger partial charge >= 0.3 is 0 Å². The van der Waals surface area contributed by atoms with Crippen LogP contribution in [0.2, 0.25) is 0 Å². The van der Waals surface area contributed by atoms with Crippen LogP contribution in [0.25, 0.3) is 0 Å². The fourth-order valence-electron chi connectivity index (χ4n) is 2.19. The second kappa shape index (κ2) is 7.94. The molecule has 1 amide bonds. The van der Waals surface area contributed by atoms with Gasteiger partial charge in [0.1, 0.15) is 0 Å². The maximum Gasteiger partial charge on any atom is 0.220 e. The topological polar surface area (TPSA) is 72.9 Å². The Balaban J connectivity index is 2.29. The number of aromatic nitrogens is 2. The smallest absolute Gasteiger partial charge is 0.220 e. The number of hydrogen-bond donors (Lipinski definition) is 2. The second-order valence-corrected chi connectivity index (χ2v) is 5.34. The number of carbonyl (C=O) groups excluding carboxylic acids is 1. The largest absolute Gasteiger partial charge is 0.350 e. The molecule has 0 saturated carbocycles. The van der Waals surface area contributed by atoms with Gasteiger partial charge < -0.3 is 11.1 Å². The van der Waals surface area contributed by atoms with Gasteiger partial charge in [-0.25, -0.2) is 0 Å². The third-order valence-electron chi connectivity index (χ3n) is 3.61. The summed E-state index contributed by atoms with van der Waals surface area (Å²) in [7, 11) is 1.87. The normalized spacial score (nSPS) is 12.7. The van der Waals surface area contributed by atoms with Crippen molar-refractivity contribution in [2.24, 2.45) is 24.6 Å². The van der Waals surface area contributed by atoms with Crippen molar-refractivity contribution in [3.63, 3.8) is 0 Å². The molecule has 1 atom stereocenters. The predicted molar refractivity (Wildman–Crippen MR) is 76.3 cm³/mol. The zero-order valence-corrected chi connectivity index (χ0v) is 12.2. The molecule has 0 aromatic carbocycles. The lowest BCUT2D eigenvalue weighted by Gasteiger charge is -2.19. The molecule has 1 unspecified atom stereocenters. The lowest BCUT2D eigenvalue weighted by molar-refractivity contribution is -0.121. The van der Waals surface area contributed by atoms with Crippen LogP contribution in [-0.4, -0.2) is 22.2 Å². The predicted octanol–water partition coefficient (Wildman–Crippen LogP) is 1.44. The fourth-order valence-corrected chi connectivity index (χ4v) is 2.19. The third-order valence-corrected chi connectivity index (χ3v) is 3.61. The van der Waals surface area contributed by atoms with Gasteiger partial charge in [0.2, 0.25) is 5.91 Å². The van der Waals surface area contributed by atoms with Crippen molar-refractivity contribution in [2.45, 2.75) is 39.7 Å². The van der Waals surface area contributed by atoms with Gasteiger partial charge in [-0.05, 0) is 37.3 Å². The third kappa shape index (κ3) is 5.42. The van der Waals surface area contributed by atoms with Gasteiger partial charge in [-0.15, -0.1) is 0 Å². The molecule has 0 aliphatic heterocycles. The van der Waals surface area contributed by atoms with Gasteiger partial charge in [-0.2, -0.15) is 5.10 Å². The van der Waals surface area contributed by atoms with Crippen molar-refractivity contribution in [1.82, 2.24) is 15.1 Å². The van der Waals surface area contributed by atoms with Crippen molar-refractivity contribution in [3.8, 4) is 0 Å². The van der Waals surface area contributed by atoms with E-state index in [2.05, 4.69) is 24.3 Å². The molecule has 5 nitrogen and oxygen atoms in total. The number of rotatable bonds is 8. The Morgan fingerprint density at radius 1 is 1.47 bits per heavy atom. The Labute approximate surface area is 115 Å². The quantitative estimate of drug-likeness (QED) is 0.747. The fraction of sp³-hybridized carbons (Fsp3) is 0.714. The monoisotopic (exact) mass is 266 g/mol. The number of carbonyl (C=O) groups is 1. The molecule has 0 aliphatic carbocycles. The van der Waals surface area contributed by atoms with Gasteiger partial charge in [0.15, 0.2) is 0 Å². The molecular formula is C14H26N4O. The zero-order valence-electron chi connectivity index (χ0n) is 12.2. The molecular weight excluding hydrogens is 240 g/mol. The summed E-state index contributed by atoms with van der Waals surface area (Å²) in [6.45, 7) is 5.61. The number of amides is 1. The molecule has 108 valence electrons. The molecule has 19 heavy (non-hydrogen) atoms. The summed E-state index contributed by atoms with van der Waals surface area (Å²) in [6.07, 6.45) is 4.21. The maximum atomic E-state index is 11.8. The summed E-state index contributed by atoms with van der Waals surface area (Å²) in [6, 6.07) is 1.91. The van der Waals surface area contributed by atoms with E-state index in [9.17, 15) is 4.79 Å². The van der Waals surface area contributed by atoms with E-state index >= 15 is 0 Å². The minimum atomic E-state index is 0.101. The number of aryl methyl sites for hydroxylation is 1. The highest BCUT2D eigenvalue weighted by Gasteiger charge is 2.14. The van der Waals surface area contributed by atoms with Crippen LogP contribution in [0.4, 0.5) is 0 Å². The Hall–Kier alpha value is -1.36. The minimum absolute atomic E-state index is 0.101. The standard InChI is InChI=1S/C14H26N4O/c1-11(2)12(6-8-15)4-5-14(19)16-10-13-7-9-17-18(13)3/h7,9,11-12H,4-6,8,10,15H2,1-3H3,(H,16,19). The van der Waals surface area contributed by atoms with E-state index < -0.39 is 0 Å². The van der Waals surface area contributed by atoms with Crippen LogP contribution in [0, 0.1) is 11.8 Å². The van der Waals surface area contributed by atoms with E-state index in [0.717, 1.165) is 18.5 Å². The first-order valence-corrected chi connectivity index (χ1v) is 6.98. The van der Waals surface area contributed by atoms with E-state index in [1.54, 1.807) is 10.9 Å². The first-order chi connectivity index (χ1) is 9.04.